The largest absolute Gasteiger partial charge is 0.293 e. The molecule has 0 saturated carbocycles. The molecular weight excluding hydrogens is 340 g/mol. The average Bonchev–Trinajstić information content (AvgIpc) is 2.71. The van der Waals surface area contributed by atoms with Crippen molar-refractivity contribution in [1.82, 2.24) is 0 Å². The van der Waals surface area contributed by atoms with E-state index in [-0.39, 0.29) is 51.4 Å². The number of rotatable bonds is 0. The molecule has 2 aliphatic carbocycles. The molecule has 6 heteroatoms. The second-order valence-corrected chi connectivity index (χ2v) is 6.49. The fourth-order valence-corrected chi connectivity index (χ4v) is 3.97. The minimum atomic E-state index is -0.616. The Bertz CT molecular complexity index is 1150. The molecule has 0 saturated heterocycles. The summed E-state index contributed by atoms with van der Waals surface area (Å²) < 4.78 is 0. The van der Waals surface area contributed by atoms with Gasteiger partial charge in [-0.2, -0.15) is 21.0 Å². The van der Waals surface area contributed by atoms with E-state index in [4.69, 9.17) is 0 Å². The lowest BCUT2D eigenvalue weighted by Crippen LogP contribution is -2.34. The number of nitrogens with zero attached hydrogens (tertiary/aromatic N) is 4. The first-order valence-electron chi connectivity index (χ1n) is 8.08. The van der Waals surface area contributed by atoms with E-state index < -0.39 is 11.8 Å². The topological polar surface area (TPSA) is 129 Å². The number of hydrogen-bond acceptors (Lipinski definition) is 6. The molecule has 0 spiro atoms. The van der Waals surface area contributed by atoms with E-state index in [1.165, 1.54) is 24.3 Å². The highest BCUT2D eigenvalue weighted by Crippen LogP contribution is 2.47. The molecule has 0 heterocycles. The van der Waals surface area contributed by atoms with Crippen LogP contribution in [0.4, 0.5) is 0 Å². The van der Waals surface area contributed by atoms with Gasteiger partial charge in [0.15, 0.2) is 11.6 Å². The summed E-state index contributed by atoms with van der Waals surface area (Å²) in [4.78, 5) is 26.1. The lowest BCUT2D eigenvalue weighted by atomic mass is 9.64. The molecule has 2 atom stereocenters. The van der Waals surface area contributed by atoms with Crippen molar-refractivity contribution in [3.05, 3.63) is 68.8 Å². The summed E-state index contributed by atoms with van der Waals surface area (Å²) in [5.74, 6) is -1.72. The molecule has 0 amide bonds. The zero-order chi connectivity index (χ0) is 19.3. The third-order valence-corrected chi connectivity index (χ3v) is 5.25. The van der Waals surface area contributed by atoms with Gasteiger partial charge in [-0.05, 0) is 41.8 Å². The highest BCUT2D eigenvalue weighted by molar-refractivity contribution is 6.14. The van der Waals surface area contributed by atoms with Crippen LogP contribution in [0, 0.1) is 45.3 Å². The molecule has 2 bridgehead atoms. The van der Waals surface area contributed by atoms with Gasteiger partial charge in [0.2, 0.25) is 0 Å². The third-order valence-electron chi connectivity index (χ3n) is 5.25. The maximum atomic E-state index is 13.1. The predicted octanol–water partition coefficient (Wildman–Crippen LogP) is 2.82. The van der Waals surface area contributed by atoms with Crippen LogP contribution in [0.25, 0.3) is 0 Å². The van der Waals surface area contributed by atoms with Gasteiger partial charge in [0.05, 0.1) is 22.3 Å². The molecular formula is C21H8N4O2. The average molecular weight is 348 g/mol. The van der Waals surface area contributed by atoms with Crippen LogP contribution in [0.2, 0.25) is 0 Å². The Labute approximate surface area is 154 Å². The molecule has 2 aromatic carbocycles. The molecule has 4 rings (SSSR count). The number of benzene rings is 2. The van der Waals surface area contributed by atoms with Gasteiger partial charge in [-0.3, -0.25) is 9.59 Å². The smallest absolute Gasteiger partial charge is 0.170 e. The Hall–Kier alpha value is -4.26. The lowest BCUT2D eigenvalue weighted by molar-refractivity contribution is 0.0875. The van der Waals surface area contributed by atoms with Gasteiger partial charge in [-0.15, -0.1) is 0 Å². The van der Waals surface area contributed by atoms with Crippen molar-refractivity contribution in [2.75, 3.05) is 0 Å². The van der Waals surface area contributed by atoms with E-state index >= 15 is 0 Å². The van der Waals surface area contributed by atoms with Gasteiger partial charge in [0.1, 0.15) is 24.3 Å². The van der Waals surface area contributed by atoms with Crippen LogP contribution in [-0.4, -0.2) is 11.6 Å². The Morgan fingerprint density at radius 1 is 0.630 bits per heavy atom. The van der Waals surface area contributed by atoms with E-state index in [1.807, 2.05) is 24.3 Å². The van der Waals surface area contributed by atoms with E-state index in [0.717, 1.165) is 0 Å². The van der Waals surface area contributed by atoms with Crippen LogP contribution in [0.5, 0.6) is 0 Å². The maximum Gasteiger partial charge on any atom is 0.170 e. The van der Waals surface area contributed by atoms with Crippen molar-refractivity contribution in [2.45, 2.75) is 18.3 Å². The highest BCUT2D eigenvalue weighted by atomic mass is 16.1. The fraction of sp³-hybridized carbons (Fsp3) is 0.143. The first kappa shape index (κ1) is 16.2. The Balaban J connectivity index is 2.00. The van der Waals surface area contributed by atoms with Crippen molar-refractivity contribution in [3.63, 3.8) is 0 Å². The molecule has 27 heavy (non-hydrogen) atoms. The molecule has 2 aromatic rings. The zero-order valence-corrected chi connectivity index (χ0v) is 13.8. The van der Waals surface area contributed by atoms with Crippen LogP contribution in [-0.2, 0) is 0 Å². The summed E-state index contributed by atoms with van der Waals surface area (Å²) in [7, 11) is 0. The summed E-state index contributed by atoms with van der Waals surface area (Å²) in [5, 5.41) is 37.0. The van der Waals surface area contributed by atoms with Crippen LogP contribution in [0.15, 0.2) is 24.3 Å². The number of carbonyl (C=O) groups is 2. The number of ketones is 2. The number of carbonyl (C=O) groups excluding carboxylic acids is 2. The van der Waals surface area contributed by atoms with E-state index in [9.17, 15) is 30.6 Å². The van der Waals surface area contributed by atoms with Crippen LogP contribution < -0.4 is 0 Å². The van der Waals surface area contributed by atoms with E-state index in [2.05, 4.69) is 0 Å². The van der Waals surface area contributed by atoms with Crippen molar-refractivity contribution < 1.29 is 9.59 Å². The molecule has 0 aromatic heterocycles. The number of nitriles is 4. The minimum absolute atomic E-state index is 0.0924. The quantitative estimate of drug-likeness (QED) is 0.719. The van der Waals surface area contributed by atoms with Crippen LogP contribution in [0.3, 0.4) is 0 Å². The van der Waals surface area contributed by atoms with Crippen LogP contribution >= 0.6 is 0 Å². The molecule has 0 radical (unpaired) electrons. The summed E-state index contributed by atoms with van der Waals surface area (Å²) in [5.41, 5.74) is 1.87. The number of Topliss-reactive ketones (excluding diaryl/α,β-unsaturated/α-hetero) is 2. The molecule has 2 unspecified atom stereocenters. The van der Waals surface area contributed by atoms with Gasteiger partial charge >= 0.3 is 0 Å². The molecule has 124 valence electrons. The number of hydrogen-bond donors (Lipinski definition) is 0. The van der Waals surface area contributed by atoms with Gasteiger partial charge in [0, 0.05) is 23.0 Å². The monoisotopic (exact) mass is 348 g/mol. The van der Waals surface area contributed by atoms with Gasteiger partial charge in [-0.1, -0.05) is 0 Å². The first-order valence-corrected chi connectivity index (χ1v) is 8.08. The summed E-state index contributed by atoms with van der Waals surface area (Å²) in [6, 6.07) is 13.3. The second kappa shape index (κ2) is 5.63. The van der Waals surface area contributed by atoms with E-state index in [0.29, 0.717) is 11.1 Å². The molecule has 0 N–H and O–H groups in total. The maximum absolute atomic E-state index is 13.1. The Morgan fingerprint density at radius 3 is 1.30 bits per heavy atom. The minimum Gasteiger partial charge on any atom is -0.293 e. The Kier molecular flexibility index (Phi) is 3.39. The van der Waals surface area contributed by atoms with Gasteiger partial charge < -0.3 is 0 Å². The summed E-state index contributed by atoms with van der Waals surface area (Å²) >= 11 is 0. The van der Waals surface area contributed by atoms with Crippen molar-refractivity contribution >= 4 is 11.6 Å². The molecule has 2 aliphatic rings. The molecule has 0 aliphatic heterocycles. The van der Waals surface area contributed by atoms with Crippen LogP contribution in [0.1, 0.15) is 72.4 Å². The second-order valence-electron chi connectivity index (χ2n) is 6.49. The predicted molar refractivity (Wildman–Crippen MR) is 90.5 cm³/mol. The standard InChI is InChI=1S/C21H8N4O2/c22-6-10-1-14-16(3-12(10)8-24)20(26)19-5-18(14)21(27)17-4-13(9-25)11(7-23)2-15(17)19/h1-4,18-19H,5H2. The molecule has 6 nitrogen and oxygen atoms in total. The fourth-order valence-electron chi connectivity index (χ4n) is 3.97. The van der Waals surface area contributed by atoms with Crippen molar-refractivity contribution in [3.8, 4) is 24.3 Å². The zero-order valence-electron chi connectivity index (χ0n) is 13.8. The SMILES string of the molecule is N#Cc1cc2c(cc1C#N)C1CC(C2=O)c2cc(C#N)c(C#N)cc2C1=O. The van der Waals surface area contributed by atoms with Gasteiger partial charge in [0.25, 0.3) is 0 Å². The van der Waals surface area contributed by atoms with E-state index in [1.54, 1.807) is 0 Å². The number of fused-ring (bicyclic) bond motifs is 6. The van der Waals surface area contributed by atoms with Crippen molar-refractivity contribution in [1.29, 1.82) is 21.0 Å². The van der Waals surface area contributed by atoms with Gasteiger partial charge in [-0.25, -0.2) is 0 Å². The highest BCUT2D eigenvalue weighted by Gasteiger charge is 2.44. The van der Waals surface area contributed by atoms with Crippen molar-refractivity contribution in [2.24, 2.45) is 0 Å². The normalized spacial score (nSPS) is 19.0. The Morgan fingerprint density at radius 2 is 0.963 bits per heavy atom. The first-order chi connectivity index (χ1) is 13.0. The summed E-state index contributed by atoms with van der Waals surface area (Å²) in [6.07, 6.45) is 0.255. The third kappa shape index (κ3) is 2.09. The molecule has 0 fully saturated rings. The lowest BCUT2D eigenvalue weighted by Gasteiger charge is -2.36. The summed E-state index contributed by atoms with van der Waals surface area (Å²) in [6.45, 7) is 0.